The van der Waals surface area contributed by atoms with Crippen molar-refractivity contribution in [3.63, 3.8) is 0 Å². The first-order valence-electron chi connectivity index (χ1n) is 6.04. The van der Waals surface area contributed by atoms with Gasteiger partial charge in [0.1, 0.15) is 0 Å². The van der Waals surface area contributed by atoms with Crippen molar-refractivity contribution in [1.29, 1.82) is 0 Å². The molecule has 0 aliphatic rings. The molecule has 0 saturated heterocycles. The fraction of sp³-hybridized carbons (Fsp3) is 0.143. The Morgan fingerprint density at radius 2 is 1.81 bits per heavy atom. The summed E-state index contributed by atoms with van der Waals surface area (Å²) < 4.78 is 27.1. The minimum absolute atomic E-state index is 0.461. The van der Waals surface area contributed by atoms with Gasteiger partial charge in [-0.2, -0.15) is 0 Å². The van der Waals surface area contributed by atoms with Gasteiger partial charge >= 0.3 is 0 Å². The highest BCUT2D eigenvalue weighted by atomic mass is 35.5. The van der Waals surface area contributed by atoms with E-state index in [0.29, 0.717) is 5.02 Å². The molecule has 0 bridgehead atoms. The van der Waals surface area contributed by atoms with Gasteiger partial charge in [-0.1, -0.05) is 23.7 Å². The van der Waals surface area contributed by atoms with Crippen molar-refractivity contribution in [2.45, 2.75) is 13.0 Å². The minimum atomic E-state index is -1.27. The second-order valence-electron chi connectivity index (χ2n) is 4.43. The topological polar surface area (TPSA) is 55.2 Å². The predicted molar refractivity (Wildman–Crippen MR) is 76.5 cm³/mol. The van der Waals surface area contributed by atoms with E-state index in [1.807, 2.05) is 0 Å². The molecule has 2 aromatic carbocycles. The lowest BCUT2D eigenvalue weighted by atomic mass is 10.1. The van der Waals surface area contributed by atoms with Crippen LogP contribution in [0.1, 0.15) is 18.5 Å². The maximum absolute atomic E-state index is 13.8. The van der Waals surface area contributed by atoms with Crippen LogP contribution in [-0.4, -0.2) is 4.92 Å². The highest BCUT2D eigenvalue weighted by molar-refractivity contribution is 6.30. The number of halogens is 3. The number of rotatable bonds is 4. The van der Waals surface area contributed by atoms with E-state index in [4.69, 9.17) is 11.6 Å². The molecule has 7 heteroatoms. The Morgan fingerprint density at radius 3 is 2.38 bits per heavy atom. The van der Waals surface area contributed by atoms with E-state index >= 15 is 0 Å². The van der Waals surface area contributed by atoms with E-state index in [1.165, 1.54) is 0 Å². The van der Waals surface area contributed by atoms with Crippen LogP contribution in [0.2, 0.25) is 5.02 Å². The number of nitrogens with zero attached hydrogens (tertiary/aromatic N) is 1. The number of anilines is 1. The van der Waals surface area contributed by atoms with Crippen molar-refractivity contribution in [2.75, 3.05) is 5.32 Å². The first-order chi connectivity index (χ1) is 9.90. The molecule has 0 fully saturated rings. The molecule has 2 rings (SSSR count). The van der Waals surface area contributed by atoms with Crippen molar-refractivity contribution < 1.29 is 13.7 Å². The van der Waals surface area contributed by atoms with Crippen LogP contribution in [0.4, 0.5) is 20.2 Å². The molecule has 0 aliphatic heterocycles. The Bertz CT molecular complexity index is 677. The number of nitro groups is 1. The summed E-state index contributed by atoms with van der Waals surface area (Å²) in [6, 6.07) is 7.88. The number of benzene rings is 2. The largest absolute Gasteiger partial charge is 0.370 e. The van der Waals surface area contributed by atoms with E-state index < -0.39 is 34.0 Å². The molecule has 21 heavy (non-hydrogen) atoms. The second kappa shape index (κ2) is 6.05. The van der Waals surface area contributed by atoms with Crippen molar-refractivity contribution in [3.8, 4) is 0 Å². The molecule has 4 nitrogen and oxygen atoms in total. The van der Waals surface area contributed by atoms with Crippen molar-refractivity contribution >= 4 is 23.0 Å². The number of hydrogen-bond donors (Lipinski definition) is 1. The lowest BCUT2D eigenvalue weighted by Gasteiger charge is -2.16. The van der Waals surface area contributed by atoms with Gasteiger partial charge in [0, 0.05) is 17.1 Å². The Balaban J connectivity index is 2.36. The molecule has 1 atom stereocenters. The monoisotopic (exact) mass is 312 g/mol. The highest BCUT2D eigenvalue weighted by Crippen LogP contribution is 2.32. The van der Waals surface area contributed by atoms with Gasteiger partial charge < -0.3 is 5.32 Å². The van der Waals surface area contributed by atoms with E-state index in [1.54, 1.807) is 31.2 Å². The molecular formula is C14H11ClF2N2O2. The number of hydrogen-bond acceptors (Lipinski definition) is 3. The summed E-state index contributed by atoms with van der Waals surface area (Å²) in [4.78, 5) is 10.1. The Morgan fingerprint density at radius 1 is 1.19 bits per heavy atom. The van der Waals surface area contributed by atoms with Crippen LogP contribution in [0, 0.1) is 21.7 Å². The number of nitrogens with one attached hydrogen (secondary N) is 1. The van der Waals surface area contributed by atoms with E-state index in [0.717, 1.165) is 17.7 Å². The third-order valence-corrected chi connectivity index (χ3v) is 3.25. The van der Waals surface area contributed by atoms with Crippen LogP contribution in [-0.2, 0) is 0 Å². The SMILES string of the molecule is CC(Nc1c([N+](=O)[O-])ccc(F)c1F)c1ccc(Cl)cc1. The normalized spacial score (nSPS) is 12.0. The Hall–Kier alpha value is -2.21. The van der Waals surface area contributed by atoms with Gasteiger partial charge in [-0.25, -0.2) is 8.78 Å². The molecular weight excluding hydrogens is 302 g/mol. The first-order valence-corrected chi connectivity index (χ1v) is 6.42. The van der Waals surface area contributed by atoms with E-state index in [2.05, 4.69) is 5.32 Å². The summed E-state index contributed by atoms with van der Waals surface area (Å²) in [7, 11) is 0. The quantitative estimate of drug-likeness (QED) is 0.657. The third-order valence-electron chi connectivity index (χ3n) is 3.00. The third kappa shape index (κ3) is 3.28. The first kappa shape index (κ1) is 15.2. The molecule has 0 aromatic heterocycles. The van der Waals surface area contributed by atoms with E-state index in [9.17, 15) is 18.9 Å². The zero-order chi connectivity index (χ0) is 15.6. The molecule has 110 valence electrons. The molecule has 1 N–H and O–H groups in total. The lowest BCUT2D eigenvalue weighted by Crippen LogP contribution is -2.10. The van der Waals surface area contributed by atoms with Gasteiger partial charge in [0.05, 0.1) is 4.92 Å². The summed E-state index contributed by atoms with van der Waals surface area (Å²) >= 11 is 5.77. The smallest absolute Gasteiger partial charge is 0.295 e. The van der Waals surface area contributed by atoms with Gasteiger partial charge in [0.15, 0.2) is 17.3 Å². The van der Waals surface area contributed by atoms with Crippen LogP contribution >= 0.6 is 11.6 Å². The van der Waals surface area contributed by atoms with E-state index in [-0.39, 0.29) is 0 Å². The average molecular weight is 313 g/mol. The summed E-state index contributed by atoms with van der Waals surface area (Å²) in [5, 5.41) is 14.1. The maximum Gasteiger partial charge on any atom is 0.295 e. The van der Waals surface area contributed by atoms with Gasteiger partial charge in [-0.05, 0) is 30.7 Å². The Labute approximate surface area is 124 Å². The van der Waals surface area contributed by atoms with Crippen molar-refractivity contribution in [1.82, 2.24) is 0 Å². The average Bonchev–Trinajstić information content (AvgIpc) is 2.44. The molecule has 0 saturated carbocycles. The zero-order valence-corrected chi connectivity index (χ0v) is 11.7. The van der Waals surface area contributed by atoms with Crippen LogP contribution in [0.5, 0.6) is 0 Å². The molecule has 0 radical (unpaired) electrons. The van der Waals surface area contributed by atoms with Crippen molar-refractivity contribution in [2.24, 2.45) is 0 Å². The standard InChI is InChI=1S/C14H11ClF2N2O2/c1-8(9-2-4-10(15)5-3-9)18-14-12(19(20)21)7-6-11(16)13(14)17/h2-8,18H,1H3. The number of nitro benzene ring substituents is 1. The van der Waals surface area contributed by atoms with Crippen LogP contribution in [0.15, 0.2) is 36.4 Å². The lowest BCUT2D eigenvalue weighted by molar-refractivity contribution is -0.384. The minimum Gasteiger partial charge on any atom is -0.370 e. The molecule has 0 spiro atoms. The fourth-order valence-corrected chi connectivity index (χ4v) is 2.01. The molecule has 0 amide bonds. The van der Waals surface area contributed by atoms with Gasteiger partial charge in [-0.15, -0.1) is 0 Å². The van der Waals surface area contributed by atoms with Crippen LogP contribution in [0.25, 0.3) is 0 Å². The second-order valence-corrected chi connectivity index (χ2v) is 4.87. The predicted octanol–water partition coefficient (Wildman–Crippen LogP) is 4.70. The van der Waals surface area contributed by atoms with Crippen molar-refractivity contribution in [3.05, 3.63) is 68.7 Å². The van der Waals surface area contributed by atoms with Gasteiger partial charge in [0.2, 0.25) is 0 Å². The zero-order valence-electron chi connectivity index (χ0n) is 10.9. The fourth-order valence-electron chi connectivity index (χ4n) is 1.88. The summed E-state index contributed by atoms with van der Waals surface area (Å²) in [6.07, 6.45) is 0. The van der Waals surface area contributed by atoms with Gasteiger partial charge in [0.25, 0.3) is 5.69 Å². The molecule has 2 aromatic rings. The summed E-state index contributed by atoms with van der Waals surface area (Å²) in [5.41, 5.74) is -0.255. The summed E-state index contributed by atoms with van der Waals surface area (Å²) in [5.74, 6) is -2.42. The van der Waals surface area contributed by atoms with Crippen LogP contribution in [0.3, 0.4) is 0 Å². The molecule has 1 unspecified atom stereocenters. The van der Waals surface area contributed by atoms with Crippen LogP contribution < -0.4 is 5.32 Å². The van der Waals surface area contributed by atoms with Gasteiger partial charge in [-0.3, -0.25) is 10.1 Å². The highest BCUT2D eigenvalue weighted by Gasteiger charge is 2.23. The summed E-state index contributed by atoms with van der Waals surface area (Å²) in [6.45, 7) is 1.68. The Kier molecular flexibility index (Phi) is 4.37. The molecule has 0 heterocycles. The molecule has 0 aliphatic carbocycles. The maximum atomic E-state index is 13.8.